The van der Waals surface area contributed by atoms with E-state index >= 15 is 0 Å². The topological polar surface area (TPSA) is 78.0 Å². The van der Waals surface area contributed by atoms with E-state index < -0.39 is 10.0 Å². The van der Waals surface area contributed by atoms with Crippen molar-refractivity contribution in [3.63, 3.8) is 0 Å². The van der Waals surface area contributed by atoms with Crippen LogP contribution in [0, 0.1) is 0 Å². The van der Waals surface area contributed by atoms with Gasteiger partial charge in [-0.05, 0) is 42.5 Å². The van der Waals surface area contributed by atoms with Crippen LogP contribution in [0.3, 0.4) is 0 Å². The third kappa shape index (κ3) is 4.13. The summed E-state index contributed by atoms with van der Waals surface area (Å²) >= 11 is 9.44. The fraction of sp³-hybridized carbons (Fsp3) is 0. The molecule has 4 aromatic rings. The molecule has 0 aliphatic rings. The van der Waals surface area contributed by atoms with E-state index in [0.29, 0.717) is 16.4 Å². The number of sulfonamides is 1. The first-order chi connectivity index (χ1) is 13.8. The van der Waals surface area contributed by atoms with Crippen molar-refractivity contribution >= 4 is 37.6 Å². The van der Waals surface area contributed by atoms with Crippen molar-refractivity contribution in [2.24, 2.45) is 5.14 Å². The molecule has 0 amide bonds. The van der Waals surface area contributed by atoms with Gasteiger partial charge in [-0.3, -0.25) is 0 Å². The smallest absolute Gasteiger partial charge is 0.231 e. The summed E-state index contributed by atoms with van der Waals surface area (Å²) in [5, 5.41) is 10.8. The Balaban J connectivity index is 1.98. The Morgan fingerprint density at radius 2 is 1.52 bits per heavy atom. The first kappa shape index (κ1) is 19.8. The van der Waals surface area contributed by atoms with Crippen molar-refractivity contribution in [3.8, 4) is 28.2 Å². The number of hydrogen-bond donors (Lipinski definition) is 1. The number of hydrogen-bond acceptors (Lipinski definition) is 3. The molecular formula is C21H15BrClN3O2S. The van der Waals surface area contributed by atoms with E-state index in [0.717, 1.165) is 21.3 Å². The molecule has 3 aromatic carbocycles. The van der Waals surface area contributed by atoms with E-state index in [1.165, 1.54) is 6.07 Å². The van der Waals surface area contributed by atoms with Crippen LogP contribution < -0.4 is 5.14 Å². The summed E-state index contributed by atoms with van der Waals surface area (Å²) in [4.78, 5) is 0.00381. The minimum absolute atomic E-state index is 0.00381. The summed E-state index contributed by atoms with van der Waals surface area (Å²) in [5.41, 5.74) is 3.54. The molecule has 0 saturated carbocycles. The molecule has 0 saturated heterocycles. The second-order valence-corrected chi connectivity index (χ2v) is 9.24. The highest BCUT2D eigenvalue weighted by molar-refractivity contribution is 9.10. The maximum Gasteiger partial charge on any atom is 0.240 e. The van der Waals surface area contributed by atoms with E-state index in [1.54, 1.807) is 35.0 Å². The van der Waals surface area contributed by atoms with Crippen molar-refractivity contribution in [3.05, 3.63) is 88.4 Å². The predicted octanol–water partition coefficient (Wildman–Crippen LogP) is 5.27. The van der Waals surface area contributed by atoms with E-state index in [-0.39, 0.29) is 4.90 Å². The van der Waals surface area contributed by atoms with Crippen LogP contribution in [0.4, 0.5) is 0 Å². The van der Waals surface area contributed by atoms with Crippen molar-refractivity contribution in [2.75, 3.05) is 0 Å². The normalized spacial score (nSPS) is 11.6. The molecule has 1 aromatic heterocycles. The maximum absolute atomic E-state index is 12.1. The Bertz CT molecular complexity index is 1280. The van der Waals surface area contributed by atoms with Gasteiger partial charge in [-0.15, -0.1) is 0 Å². The molecule has 0 unspecified atom stereocenters. The highest BCUT2D eigenvalue weighted by atomic mass is 79.9. The Hall–Kier alpha value is -2.45. The number of rotatable bonds is 4. The monoisotopic (exact) mass is 487 g/mol. The number of para-hydroxylation sites is 1. The highest BCUT2D eigenvalue weighted by Gasteiger charge is 2.20. The van der Waals surface area contributed by atoms with Crippen LogP contribution in [0.25, 0.3) is 28.2 Å². The standard InChI is InChI=1S/C21H15BrClN3O2S/c22-16-9-5-15(6-10-16)20-13-18(14-7-11-17(23)12-8-14)25-26(20)19-3-1-2-4-21(19)29(24,27)28/h1-13H,(H2,24,27,28). The molecule has 2 N–H and O–H groups in total. The summed E-state index contributed by atoms with van der Waals surface area (Å²) in [6.07, 6.45) is 0. The quantitative estimate of drug-likeness (QED) is 0.425. The molecule has 0 radical (unpaired) electrons. The lowest BCUT2D eigenvalue weighted by Gasteiger charge is -2.11. The Morgan fingerprint density at radius 1 is 0.897 bits per heavy atom. The first-order valence-corrected chi connectivity index (χ1v) is 11.3. The van der Waals surface area contributed by atoms with E-state index in [9.17, 15) is 8.42 Å². The highest BCUT2D eigenvalue weighted by Crippen LogP contribution is 2.31. The third-order valence-electron chi connectivity index (χ3n) is 4.39. The van der Waals surface area contributed by atoms with E-state index in [4.69, 9.17) is 21.8 Å². The summed E-state index contributed by atoms with van der Waals surface area (Å²) in [7, 11) is -3.93. The number of benzene rings is 3. The van der Waals surface area contributed by atoms with Gasteiger partial charge < -0.3 is 0 Å². The molecule has 5 nitrogen and oxygen atoms in total. The number of primary sulfonamides is 1. The SMILES string of the molecule is NS(=O)(=O)c1ccccc1-n1nc(-c2ccc(Cl)cc2)cc1-c1ccc(Br)cc1. The number of aromatic nitrogens is 2. The fourth-order valence-corrected chi connectivity index (χ4v) is 4.13. The Labute approximate surface area is 181 Å². The predicted molar refractivity (Wildman–Crippen MR) is 119 cm³/mol. The molecule has 146 valence electrons. The van der Waals surface area contributed by atoms with Crippen molar-refractivity contribution in [1.82, 2.24) is 9.78 Å². The molecule has 29 heavy (non-hydrogen) atoms. The molecule has 1 heterocycles. The second-order valence-electron chi connectivity index (χ2n) is 6.35. The van der Waals surface area contributed by atoms with Gasteiger partial charge in [-0.25, -0.2) is 18.2 Å². The van der Waals surface area contributed by atoms with Crippen LogP contribution in [0.2, 0.25) is 5.02 Å². The molecule has 0 spiro atoms. The van der Waals surface area contributed by atoms with Gasteiger partial charge in [0.2, 0.25) is 10.0 Å². The van der Waals surface area contributed by atoms with E-state index in [1.807, 2.05) is 42.5 Å². The lowest BCUT2D eigenvalue weighted by Crippen LogP contribution is -2.16. The molecule has 0 atom stereocenters. The zero-order valence-electron chi connectivity index (χ0n) is 15.0. The van der Waals surface area contributed by atoms with Crippen LogP contribution in [0.5, 0.6) is 0 Å². The second kappa shape index (κ2) is 7.76. The summed E-state index contributed by atoms with van der Waals surface area (Å²) in [6.45, 7) is 0. The van der Waals surface area contributed by atoms with Gasteiger partial charge in [-0.1, -0.05) is 63.9 Å². The molecule has 0 aliphatic carbocycles. The lowest BCUT2D eigenvalue weighted by molar-refractivity contribution is 0.596. The number of nitrogens with zero attached hydrogens (tertiary/aromatic N) is 2. The van der Waals surface area contributed by atoms with Crippen molar-refractivity contribution in [2.45, 2.75) is 4.90 Å². The van der Waals surface area contributed by atoms with Gasteiger partial charge in [0.25, 0.3) is 0 Å². The van der Waals surface area contributed by atoms with Gasteiger partial charge in [0, 0.05) is 20.6 Å². The fourth-order valence-electron chi connectivity index (χ4n) is 3.03. The van der Waals surface area contributed by atoms with Crippen molar-refractivity contribution in [1.29, 1.82) is 0 Å². The van der Waals surface area contributed by atoms with Crippen LogP contribution in [-0.4, -0.2) is 18.2 Å². The summed E-state index contributed by atoms with van der Waals surface area (Å²) in [6, 6.07) is 23.4. The van der Waals surface area contributed by atoms with Crippen LogP contribution in [0.15, 0.2) is 88.2 Å². The molecule has 8 heteroatoms. The molecular weight excluding hydrogens is 474 g/mol. The van der Waals surface area contributed by atoms with Gasteiger partial charge in [0.1, 0.15) is 4.90 Å². The molecule has 0 bridgehead atoms. The van der Waals surface area contributed by atoms with E-state index in [2.05, 4.69) is 15.9 Å². The maximum atomic E-state index is 12.1. The van der Waals surface area contributed by atoms with Crippen LogP contribution >= 0.6 is 27.5 Å². The number of halogens is 2. The number of nitrogens with two attached hydrogens (primary N) is 1. The zero-order chi connectivity index (χ0) is 20.6. The van der Waals surface area contributed by atoms with Crippen LogP contribution in [0.1, 0.15) is 0 Å². The summed E-state index contributed by atoms with van der Waals surface area (Å²) in [5.74, 6) is 0. The summed E-state index contributed by atoms with van der Waals surface area (Å²) < 4.78 is 26.8. The molecule has 0 aliphatic heterocycles. The van der Waals surface area contributed by atoms with Gasteiger partial charge in [0.15, 0.2) is 0 Å². The Morgan fingerprint density at radius 3 is 2.17 bits per heavy atom. The van der Waals surface area contributed by atoms with Crippen LogP contribution in [-0.2, 0) is 10.0 Å². The average Bonchev–Trinajstić information content (AvgIpc) is 3.14. The minimum atomic E-state index is -3.93. The van der Waals surface area contributed by atoms with Gasteiger partial charge in [-0.2, -0.15) is 5.10 Å². The lowest BCUT2D eigenvalue weighted by atomic mass is 10.1. The Kier molecular flexibility index (Phi) is 5.31. The molecule has 0 fully saturated rings. The van der Waals surface area contributed by atoms with Gasteiger partial charge in [0.05, 0.1) is 17.1 Å². The zero-order valence-corrected chi connectivity index (χ0v) is 18.1. The first-order valence-electron chi connectivity index (χ1n) is 8.57. The average molecular weight is 489 g/mol. The van der Waals surface area contributed by atoms with Gasteiger partial charge >= 0.3 is 0 Å². The minimum Gasteiger partial charge on any atom is -0.231 e. The molecule has 4 rings (SSSR count). The van der Waals surface area contributed by atoms with Crippen molar-refractivity contribution < 1.29 is 8.42 Å². The third-order valence-corrected chi connectivity index (χ3v) is 6.13. The largest absolute Gasteiger partial charge is 0.240 e.